The Morgan fingerprint density at radius 1 is 1.29 bits per heavy atom. The summed E-state index contributed by atoms with van der Waals surface area (Å²) in [6, 6.07) is 10.0. The molecule has 1 N–H and O–H groups in total. The maximum atomic E-state index is 12.0. The lowest BCUT2D eigenvalue weighted by molar-refractivity contribution is -0.402. The summed E-state index contributed by atoms with van der Waals surface area (Å²) in [5.41, 5.74) is 0.946. The number of furan rings is 1. The van der Waals surface area contributed by atoms with E-state index in [2.05, 4.69) is 5.32 Å². The summed E-state index contributed by atoms with van der Waals surface area (Å²) in [6.45, 7) is 1.84. The molecule has 2 aromatic rings. The smallest absolute Gasteiger partial charge is 0.395 e. The van der Waals surface area contributed by atoms with Crippen LogP contribution in [0.25, 0.3) is 0 Å². The van der Waals surface area contributed by atoms with E-state index >= 15 is 0 Å². The van der Waals surface area contributed by atoms with Crippen molar-refractivity contribution in [1.82, 2.24) is 5.32 Å². The zero-order chi connectivity index (χ0) is 15.4. The second-order valence-electron chi connectivity index (χ2n) is 4.36. The van der Waals surface area contributed by atoms with Gasteiger partial charge in [-0.2, -0.15) is 0 Å². The fraction of sp³-hybridized carbons (Fsp3) is 0.214. The average Bonchev–Trinajstić information content (AvgIpc) is 2.97. The summed E-state index contributed by atoms with van der Waals surface area (Å²) in [5.74, 6) is -1.00. The molecule has 1 aromatic carbocycles. The van der Waals surface area contributed by atoms with Gasteiger partial charge in [-0.05, 0) is 36.9 Å². The maximum Gasteiger partial charge on any atom is 0.433 e. The van der Waals surface area contributed by atoms with E-state index in [0.717, 1.165) is 16.5 Å². The topological polar surface area (TPSA) is 85.4 Å². The largest absolute Gasteiger partial charge is 0.433 e. The normalized spacial score (nSPS) is 11.9. The predicted molar refractivity (Wildman–Crippen MR) is 79.5 cm³/mol. The molecule has 7 heteroatoms. The molecule has 2 rings (SSSR count). The fourth-order valence-electron chi connectivity index (χ4n) is 1.79. The van der Waals surface area contributed by atoms with E-state index in [1.807, 2.05) is 37.4 Å². The Morgan fingerprint density at radius 2 is 1.95 bits per heavy atom. The number of hydrogen-bond donors (Lipinski definition) is 1. The van der Waals surface area contributed by atoms with Gasteiger partial charge in [-0.25, -0.2) is 0 Å². The van der Waals surface area contributed by atoms with Gasteiger partial charge in [-0.15, -0.1) is 11.8 Å². The van der Waals surface area contributed by atoms with Crippen molar-refractivity contribution >= 4 is 23.6 Å². The SMILES string of the molecule is CSc1ccc(C(C)NC(=O)c2ccc([N+](=O)[O-])o2)cc1. The highest BCUT2D eigenvalue weighted by Crippen LogP contribution is 2.20. The lowest BCUT2D eigenvalue weighted by Gasteiger charge is -2.13. The predicted octanol–water partition coefficient (Wildman–Crippen LogP) is 3.40. The molecular formula is C14H14N2O4S. The molecule has 0 aliphatic rings. The lowest BCUT2D eigenvalue weighted by atomic mass is 10.1. The van der Waals surface area contributed by atoms with E-state index in [1.165, 1.54) is 6.07 Å². The Balaban J connectivity index is 2.05. The summed E-state index contributed by atoms with van der Waals surface area (Å²) in [7, 11) is 0. The lowest BCUT2D eigenvalue weighted by Crippen LogP contribution is -2.26. The van der Waals surface area contributed by atoms with Gasteiger partial charge < -0.3 is 9.73 Å². The summed E-state index contributed by atoms with van der Waals surface area (Å²) in [5, 5.41) is 13.3. The van der Waals surface area contributed by atoms with Gasteiger partial charge in [-0.3, -0.25) is 14.9 Å². The van der Waals surface area contributed by atoms with Crippen LogP contribution in [0.2, 0.25) is 0 Å². The van der Waals surface area contributed by atoms with Crippen molar-refractivity contribution in [2.24, 2.45) is 0 Å². The first kappa shape index (κ1) is 15.1. The van der Waals surface area contributed by atoms with E-state index in [9.17, 15) is 14.9 Å². The summed E-state index contributed by atoms with van der Waals surface area (Å²) in [4.78, 5) is 22.9. The van der Waals surface area contributed by atoms with Crippen molar-refractivity contribution in [1.29, 1.82) is 0 Å². The number of hydrogen-bond acceptors (Lipinski definition) is 5. The molecule has 1 heterocycles. The Labute approximate surface area is 125 Å². The van der Waals surface area contributed by atoms with E-state index in [0.29, 0.717) is 0 Å². The van der Waals surface area contributed by atoms with Gasteiger partial charge in [0.15, 0.2) is 5.76 Å². The number of carbonyl (C=O) groups excluding carboxylic acids is 1. The highest BCUT2D eigenvalue weighted by Gasteiger charge is 2.19. The molecule has 0 spiro atoms. The number of carbonyl (C=O) groups is 1. The number of amides is 1. The first-order chi connectivity index (χ1) is 10.0. The zero-order valence-electron chi connectivity index (χ0n) is 11.5. The molecule has 0 bridgehead atoms. The first-order valence-corrected chi connectivity index (χ1v) is 7.42. The van der Waals surface area contributed by atoms with Crippen molar-refractivity contribution in [2.75, 3.05) is 6.26 Å². The van der Waals surface area contributed by atoms with Gasteiger partial charge in [0.2, 0.25) is 0 Å². The average molecular weight is 306 g/mol. The highest BCUT2D eigenvalue weighted by molar-refractivity contribution is 7.98. The van der Waals surface area contributed by atoms with Crippen LogP contribution in [0.3, 0.4) is 0 Å². The molecule has 1 unspecified atom stereocenters. The van der Waals surface area contributed by atoms with Crippen LogP contribution in [-0.2, 0) is 0 Å². The molecule has 1 atom stereocenters. The standard InChI is InChI=1S/C14H14N2O4S/c1-9(10-3-5-11(21-2)6-4-10)15-14(17)12-7-8-13(20-12)16(18)19/h3-9H,1-2H3,(H,15,17). The van der Waals surface area contributed by atoms with Crippen LogP contribution in [-0.4, -0.2) is 17.1 Å². The number of benzene rings is 1. The van der Waals surface area contributed by atoms with Crippen LogP contribution in [0, 0.1) is 10.1 Å². The van der Waals surface area contributed by atoms with Gasteiger partial charge in [-0.1, -0.05) is 12.1 Å². The Morgan fingerprint density at radius 3 is 2.48 bits per heavy atom. The minimum Gasteiger partial charge on any atom is -0.395 e. The molecule has 21 heavy (non-hydrogen) atoms. The number of thioether (sulfide) groups is 1. The van der Waals surface area contributed by atoms with Crippen LogP contribution in [0.15, 0.2) is 45.7 Å². The van der Waals surface area contributed by atoms with Gasteiger partial charge >= 0.3 is 5.88 Å². The molecule has 0 radical (unpaired) electrons. The molecule has 1 aromatic heterocycles. The molecule has 6 nitrogen and oxygen atoms in total. The Hall–Kier alpha value is -2.28. The van der Waals surface area contributed by atoms with Gasteiger partial charge in [0, 0.05) is 4.90 Å². The molecule has 0 saturated carbocycles. The number of nitrogens with one attached hydrogen (secondary N) is 1. The molecule has 0 saturated heterocycles. The Kier molecular flexibility index (Phi) is 4.64. The minimum absolute atomic E-state index is 0.0747. The number of rotatable bonds is 5. The third-order valence-corrected chi connectivity index (χ3v) is 3.70. The van der Waals surface area contributed by atoms with Crippen molar-refractivity contribution in [3.63, 3.8) is 0 Å². The van der Waals surface area contributed by atoms with E-state index < -0.39 is 16.7 Å². The quantitative estimate of drug-likeness (QED) is 0.520. The molecule has 110 valence electrons. The zero-order valence-corrected chi connectivity index (χ0v) is 12.3. The van der Waals surface area contributed by atoms with E-state index in [-0.39, 0.29) is 11.8 Å². The second kappa shape index (κ2) is 6.45. The number of nitrogens with zero attached hydrogens (tertiary/aromatic N) is 1. The maximum absolute atomic E-state index is 12.0. The molecule has 0 fully saturated rings. The highest BCUT2D eigenvalue weighted by atomic mass is 32.2. The minimum atomic E-state index is -0.679. The summed E-state index contributed by atoms with van der Waals surface area (Å²) >= 11 is 1.64. The molecule has 0 aliphatic carbocycles. The monoisotopic (exact) mass is 306 g/mol. The van der Waals surface area contributed by atoms with Crippen LogP contribution in [0.5, 0.6) is 0 Å². The molecule has 1 amide bonds. The molecular weight excluding hydrogens is 292 g/mol. The van der Waals surface area contributed by atoms with Crippen molar-refractivity contribution in [2.45, 2.75) is 17.9 Å². The van der Waals surface area contributed by atoms with E-state index in [1.54, 1.807) is 11.8 Å². The number of nitro groups is 1. The van der Waals surface area contributed by atoms with Crippen LogP contribution in [0.4, 0.5) is 5.88 Å². The van der Waals surface area contributed by atoms with Crippen molar-refractivity contribution in [3.05, 3.63) is 57.8 Å². The van der Waals surface area contributed by atoms with Crippen molar-refractivity contribution < 1.29 is 14.1 Å². The third kappa shape index (κ3) is 3.63. The van der Waals surface area contributed by atoms with E-state index in [4.69, 9.17) is 4.42 Å². The molecule has 0 aliphatic heterocycles. The second-order valence-corrected chi connectivity index (χ2v) is 5.24. The van der Waals surface area contributed by atoms with Crippen LogP contribution < -0.4 is 5.32 Å². The summed E-state index contributed by atoms with van der Waals surface area (Å²) in [6.07, 6.45) is 1.99. The van der Waals surface area contributed by atoms with Gasteiger partial charge in [0.1, 0.15) is 4.92 Å². The van der Waals surface area contributed by atoms with Gasteiger partial charge in [0.25, 0.3) is 5.91 Å². The first-order valence-electron chi connectivity index (χ1n) is 6.20. The van der Waals surface area contributed by atoms with Gasteiger partial charge in [0.05, 0.1) is 12.1 Å². The Bertz CT molecular complexity index is 651. The fourth-order valence-corrected chi connectivity index (χ4v) is 2.20. The summed E-state index contributed by atoms with van der Waals surface area (Å²) < 4.78 is 4.87. The third-order valence-electron chi connectivity index (χ3n) is 2.96. The van der Waals surface area contributed by atoms with Crippen LogP contribution in [0.1, 0.15) is 29.1 Å². The van der Waals surface area contributed by atoms with Crippen molar-refractivity contribution in [3.8, 4) is 0 Å². The van der Waals surface area contributed by atoms with Crippen LogP contribution >= 0.6 is 11.8 Å².